The zero-order chi connectivity index (χ0) is 22.9. The van der Waals surface area contributed by atoms with Gasteiger partial charge in [-0.15, -0.1) is 5.10 Å². The number of hydrogen-bond donors (Lipinski definition) is 2. The Balaban J connectivity index is 1.34. The van der Waals surface area contributed by atoms with Crippen molar-refractivity contribution >= 4 is 17.7 Å². The lowest BCUT2D eigenvalue weighted by Gasteiger charge is -2.29. The molecule has 168 valence electrons. The van der Waals surface area contributed by atoms with Crippen molar-refractivity contribution in [2.45, 2.75) is 25.4 Å². The van der Waals surface area contributed by atoms with Crippen molar-refractivity contribution in [3.05, 3.63) is 59.8 Å². The second-order valence-corrected chi connectivity index (χ2v) is 7.89. The van der Waals surface area contributed by atoms with Crippen LogP contribution in [0.5, 0.6) is 5.75 Å². The van der Waals surface area contributed by atoms with Crippen LogP contribution in [0, 0.1) is 0 Å². The normalized spacial score (nSPS) is 17.8. The van der Waals surface area contributed by atoms with Gasteiger partial charge in [-0.3, -0.25) is 19.7 Å². The molecule has 3 aromatic rings. The van der Waals surface area contributed by atoms with Crippen LogP contribution in [0.25, 0.3) is 16.9 Å². The van der Waals surface area contributed by atoms with E-state index in [4.69, 9.17) is 9.84 Å². The van der Waals surface area contributed by atoms with Crippen molar-refractivity contribution in [3.8, 4) is 22.7 Å². The zero-order valence-corrected chi connectivity index (χ0v) is 17.6. The number of imide groups is 1. The van der Waals surface area contributed by atoms with Gasteiger partial charge in [0.15, 0.2) is 0 Å². The molecule has 1 atom stereocenters. The predicted molar refractivity (Wildman–Crippen MR) is 115 cm³/mol. The number of piperidine rings is 1. The molecule has 0 aliphatic carbocycles. The Morgan fingerprint density at radius 1 is 1.12 bits per heavy atom. The number of nitrogens with zero attached hydrogens (tertiary/aromatic N) is 4. The molecule has 0 spiro atoms. The smallest absolute Gasteiger partial charge is 0.255 e. The number of aliphatic hydroxyl groups excluding tert-OH is 1. The Hall–Kier alpha value is -4.05. The summed E-state index contributed by atoms with van der Waals surface area (Å²) in [6, 6.07) is 12.1. The Labute approximate surface area is 188 Å². The van der Waals surface area contributed by atoms with E-state index in [9.17, 15) is 14.4 Å². The van der Waals surface area contributed by atoms with Crippen molar-refractivity contribution < 1.29 is 24.2 Å². The number of carbonyl (C=O) groups is 3. The van der Waals surface area contributed by atoms with E-state index < -0.39 is 11.9 Å². The molecule has 3 amide bonds. The number of aliphatic hydroxyl groups is 1. The Kier molecular flexibility index (Phi) is 5.35. The molecule has 3 heterocycles. The number of amides is 3. The Morgan fingerprint density at radius 2 is 1.94 bits per heavy atom. The van der Waals surface area contributed by atoms with Crippen molar-refractivity contribution in [1.29, 1.82) is 0 Å². The van der Waals surface area contributed by atoms with Crippen LogP contribution in [0.15, 0.2) is 48.7 Å². The van der Waals surface area contributed by atoms with E-state index in [2.05, 4.69) is 15.6 Å². The zero-order valence-electron chi connectivity index (χ0n) is 17.6. The van der Waals surface area contributed by atoms with E-state index in [1.807, 2.05) is 18.2 Å². The minimum Gasteiger partial charge on any atom is -0.491 e. The summed E-state index contributed by atoms with van der Waals surface area (Å²) >= 11 is 0. The first-order chi connectivity index (χ1) is 16.0. The summed E-state index contributed by atoms with van der Waals surface area (Å²) in [7, 11) is 0. The topological polar surface area (TPSA) is 127 Å². The van der Waals surface area contributed by atoms with Crippen molar-refractivity contribution in [2.24, 2.45) is 0 Å². The van der Waals surface area contributed by atoms with E-state index in [0.717, 1.165) is 16.8 Å². The van der Waals surface area contributed by atoms with Crippen LogP contribution < -0.4 is 10.1 Å². The van der Waals surface area contributed by atoms with E-state index in [1.54, 1.807) is 35.1 Å². The minimum atomic E-state index is -0.645. The maximum atomic E-state index is 12.9. The second kappa shape index (κ2) is 8.47. The molecule has 1 saturated heterocycles. The lowest BCUT2D eigenvalue weighted by Crippen LogP contribution is -2.52. The molecule has 0 radical (unpaired) electrons. The van der Waals surface area contributed by atoms with Gasteiger partial charge >= 0.3 is 0 Å². The van der Waals surface area contributed by atoms with Gasteiger partial charge in [-0.2, -0.15) is 0 Å². The average Bonchev–Trinajstić information content (AvgIpc) is 3.43. The van der Waals surface area contributed by atoms with Gasteiger partial charge < -0.3 is 14.7 Å². The molecule has 10 nitrogen and oxygen atoms in total. The number of benzene rings is 2. The average molecular weight is 447 g/mol. The molecule has 1 unspecified atom stereocenters. The summed E-state index contributed by atoms with van der Waals surface area (Å²) in [5, 5.41) is 19.6. The van der Waals surface area contributed by atoms with E-state index in [1.165, 1.54) is 4.90 Å². The molecule has 1 aromatic heterocycles. The Bertz CT molecular complexity index is 1240. The van der Waals surface area contributed by atoms with Gasteiger partial charge in [0.1, 0.15) is 24.1 Å². The molecule has 0 saturated carbocycles. The molecule has 5 rings (SSSR count). The summed E-state index contributed by atoms with van der Waals surface area (Å²) < 4.78 is 7.00. The van der Waals surface area contributed by atoms with Gasteiger partial charge in [0.25, 0.3) is 5.91 Å². The fourth-order valence-electron chi connectivity index (χ4n) is 4.11. The van der Waals surface area contributed by atoms with E-state index in [-0.39, 0.29) is 31.4 Å². The SMILES string of the molecule is O=C1CCC(N2Cc3cc(-n4cc(-c5ccc(OCCO)cc5)nn4)ccc3C2=O)C(=O)N1. The van der Waals surface area contributed by atoms with Crippen LogP contribution >= 0.6 is 0 Å². The number of nitrogens with one attached hydrogen (secondary N) is 1. The molecule has 2 aliphatic heterocycles. The van der Waals surface area contributed by atoms with Crippen LogP contribution in [0.3, 0.4) is 0 Å². The molecule has 2 aromatic carbocycles. The number of carbonyl (C=O) groups excluding carboxylic acids is 3. The number of hydrogen-bond acceptors (Lipinski definition) is 7. The summed E-state index contributed by atoms with van der Waals surface area (Å²) in [6.45, 7) is 0.482. The number of ether oxygens (including phenoxy) is 1. The summed E-state index contributed by atoms with van der Waals surface area (Å²) in [4.78, 5) is 38.0. The van der Waals surface area contributed by atoms with Crippen LogP contribution in [-0.2, 0) is 16.1 Å². The first kappa shape index (κ1) is 20.8. The minimum absolute atomic E-state index is 0.0479. The molecule has 10 heteroatoms. The maximum absolute atomic E-state index is 12.9. The molecule has 2 aliphatic rings. The third kappa shape index (κ3) is 3.96. The first-order valence-corrected chi connectivity index (χ1v) is 10.6. The third-order valence-electron chi connectivity index (χ3n) is 5.78. The predicted octanol–water partition coefficient (Wildman–Crippen LogP) is 1.07. The quantitative estimate of drug-likeness (QED) is 0.541. The summed E-state index contributed by atoms with van der Waals surface area (Å²) in [5.74, 6) is -0.295. The fourth-order valence-corrected chi connectivity index (χ4v) is 4.11. The monoisotopic (exact) mass is 447 g/mol. The van der Waals surface area contributed by atoms with Gasteiger partial charge in [-0.05, 0) is 54.4 Å². The standard InChI is InChI=1S/C23H21N5O5/c29-9-10-33-17-4-1-14(2-5-17)19-13-28(26-25-19)16-3-6-18-15(11-16)12-27(23(18)32)20-7-8-21(30)24-22(20)31/h1-6,11,13,20,29H,7-10,12H2,(H,24,30,31). The molecule has 0 bridgehead atoms. The number of fused-ring (bicyclic) bond motifs is 1. The van der Waals surface area contributed by atoms with Crippen molar-refractivity contribution in [3.63, 3.8) is 0 Å². The van der Waals surface area contributed by atoms with Crippen LogP contribution in [0.1, 0.15) is 28.8 Å². The fraction of sp³-hybridized carbons (Fsp3) is 0.261. The third-order valence-corrected chi connectivity index (χ3v) is 5.78. The highest BCUT2D eigenvalue weighted by molar-refractivity contribution is 6.05. The van der Waals surface area contributed by atoms with Gasteiger partial charge in [0.05, 0.1) is 18.5 Å². The van der Waals surface area contributed by atoms with E-state index >= 15 is 0 Å². The summed E-state index contributed by atoms with van der Waals surface area (Å²) in [6.07, 6.45) is 2.34. The second-order valence-electron chi connectivity index (χ2n) is 7.89. The Morgan fingerprint density at radius 3 is 2.70 bits per heavy atom. The highest BCUT2D eigenvalue weighted by atomic mass is 16.5. The lowest BCUT2D eigenvalue weighted by atomic mass is 10.0. The largest absolute Gasteiger partial charge is 0.491 e. The first-order valence-electron chi connectivity index (χ1n) is 10.6. The van der Waals surface area contributed by atoms with Gasteiger partial charge in [-0.1, -0.05) is 5.21 Å². The molecular formula is C23H21N5O5. The van der Waals surface area contributed by atoms with Crippen LogP contribution in [0.4, 0.5) is 0 Å². The molecule has 33 heavy (non-hydrogen) atoms. The highest BCUT2D eigenvalue weighted by Gasteiger charge is 2.39. The van der Waals surface area contributed by atoms with Crippen LogP contribution in [-0.4, -0.2) is 62.0 Å². The van der Waals surface area contributed by atoms with Crippen molar-refractivity contribution in [2.75, 3.05) is 13.2 Å². The number of aromatic nitrogens is 3. The van der Waals surface area contributed by atoms with Gasteiger partial charge in [0.2, 0.25) is 11.8 Å². The van der Waals surface area contributed by atoms with Crippen LogP contribution in [0.2, 0.25) is 0 Å². The lowest BCUT2D eigenvalue weighted by molar-refractivity contribution is -0.136. The highest BCUT2D eigenvalue weighted by Crippen LogP contribution is 2.29. The molecular weight excluding hydrogens is 426 g/mol. The van der Waals surface area contributed by atoms with Crippen molar-refractivity contribution in [1.82, 2.24) is 25.2 Å². The summed E-state index contributed by atoms with van der Waals surface area (Å²) in [5.41, 5.74) is 3.61. The van der Waals surface area contributed by atoms with E-state index in [0.29, 0.717) is 30.0 Å². The molecule has 1 fully saturated rings. The maximum Gasteiger partial charge on any atom is 0.255 e. The number of rotatable bonds is 6. The van der Waals surface area contributed by atoms with Gasteiger partial charge in [0, 0.05) is 24.1 Å². The van der Waals surface area contributed by atoms with Gasteiger partial charge in [-0.25, -0.2) is 4.68 Å². The molecule has 2 N–H and O–H groups in total.